The molecule has 0 amide bonds. The number of aryl methyl sites for hydroxylation is 1. The molecule has 1 aromatic carbocycles. The number of hydrogen-bond donors (Lipinski definition) is 0. The fourth-order valence-electron chi connectivity index (χ4n) is 1.72. The summed E-state index contributed by atoms with van der Waals surface area (Å²) in [6.07, 6.45) is -4.00. The second-order valence-electron chi connectivity index (χ2n) is 4.14. The smallest absolute Gasteiger partial charge is 0.288 e. The Labute approximate surface area is 116 Å². The standard InChI is InChI=1S/C14H10F4OS/c1-2-9-4-6-12(20-9)13(19)8-3-5-10(11(15)7-8)14(16,17)18/h3-7H,2H2,1H3. The van der Waals surface area contributed by atoms with E-state index in [1.165, 1.54) is 11.3 Å². The van der Waals surface area contributed by atoms with Crippen molar-refractivity contribution in [1.82, 2.24) is 0 Å². The van der Waals surface area contributed by atoms with Crippen LogP contribution in [0.1, 0.15) is 32.6 Å². The summed E-state index contributed by atoms with van der Waals surface area (Å²) in [5.74, 6) is -1.90. The maximum atomic E-state index is 13.4. The molecule has 0 bridgehead atoms. The van der Waals surface area contributed by atoms with Crippen molar-refractivity contribution in [1.29, 1.82) is 0 Å². The highest BCUT2D eigenvalue weighted by Gasteiger charge is 2.34. The first-order valence-electron chi connectivity index (χ1n) is 5.83. The Hall–Kier alpha value is -1.69. The number of thiophene rings is 1. The number of alkyl halides is 3. The lowest BCUT2D eigenvalue weighted by molar-refractivity contribution is -0.140. The van der Waals surface area contributed by atoms with Crippen molar-refractivity contribution in [3.8, 4) is 0 Å². The molecule has 1 aromatic heterocycles. The van der Waals surface area contributed by atoms with Crippen molar-refractivity contribution in [2.75, 3.05) is 0 Å². The fourth-order valence-corrected chi connectivity index (χ4v) is 2.63. The summed E-state index contributed by atoms with van der Waals surface area (Å²) in [7, 11) is 0. The van der Waals surface area contributed by atoms with Gasteiger partial charge in [0.15, 0.2) is 0 Å². The van der Waals surface area contributed by atoms with Gasteiger partial charge in [-0.15, -0.1) is 11.3 Å². The van der Waals surface area contributed by atoms with E-state index < -0.39 is 23.3 Å². The van der Waals surface area contributed by atoms with Gasteiger partial charge in [0.2, 0.25) is 5.78 Å². The molecule has 0 aliphatic heterocycles. The first-order valence-corrected chi connectivity index (χ1v) is 6.64. The van der Waals surface area contributed by atoms with Crippen LogP contribution in [0, 0.1) is 5.82 Å². The van der Waals surface area contributed by atoms with Gasteiger partial charge in [-0.1, -0.05) is 13.0 Å². The molecule has 0 radical (unpaired) electrons. The Kier molecular flexibility index (Phi) is 3.94. The number of carbonyl (C=O) groups excluding carboxylic acids is 1. The average Bonchev–Trinajstić information content (AvgIpc) is 2.85. The molecule has 1 heterocycles. The number of rotatable bonds is 3. The maximum absolute atomic E-state index is 13.4. The molecular weight excluding hydrogens is 292 g/mol. The highest BCUT2D eigenvalue weighted by atomic mass is 32.1. The number of carbonyl (C=O) groups is 1. The third kappa shape index (κ3) is 2.90. The topological polar surface area (TPSA) is 17.1 Å². The Morgan fingerprint density at radius 2 is 1.90 bits per heavy atom. The average molecular weight is 302 g/mol. The Balaban J connectivity index is 2.34. The van der Waals surface area contributed by atoms with Crippen molar-refractivity contribution in [2.45, 2.75) is 19.5 Å². The van der Waals surface area contributed by atoms with E-state index >= 15 is 0 Å². The van der Waals surface area contributed by atoms with E-state index in [2.05, 4.69) is 0 Å². The molecule has 0 saturated carbocycles. The third-order valence-corrected chi connectivity index (χ3v) is 4.00. The molecule has 0 atom stereocenters. The van der Waals surface area contributed by atoms with Gasteiger partial charge >= 0.3 is 6.18 Å². The molecule has 0 unspecified atom stereocenters. The van der Waals surface area contributed by atoms with Crippen LogP contribution in [-0.2, 0) is 12.6 Å². The van der Waals surface area contributed by atoms with Crippen LogP contribution in [0.4, 0.5) is 17.6 Å². The predicted molar refractivity (Wildman–Crippen MR) is 68.5 cm³/mol. The van der Waals surface area contributed by atoms with Crippen molar-refractivity contribution in [3.63, 3.8) is 0 Å². The molecule has 6 heteroatoms. The van der Waals surface area contributed by atoms with E-state index in [0.717, 1.165) is 17.4 Å². The molecule has 0 aliphatic rings. The monoisotopic (exact) mass is 302 g/mol. The van der Waals surface area contributed by atoms with Gasteiger partial charge < -0.3 is 0 Å². The summed E-state index contributed by atoms with van der Waals surface area (Å²) in [5, 5.41) is 0. The first-order chi connectivity index (χ1) is 9.32. The van der Waals surface area contributed by atoms with Crippen LogP contribution in [0.3, 0.4) is 0 Å². The normalized spacial score (nSPS) is 11.7. The van der Waals surface area contributed by atoms with E-state index in [1.54, 1.807) is 12.1 Å². The maximum Gasteiger partial charge on any atom is 0.419 e. The van der Waals surface area contributed by atoms with E-state index in [-0.39, 0.29) is 5.56 Å². The van der Waals surface area contributed by atoms with E-state index in [1.807, 2.05) is 6.92 Å². The van der Waals surface area contributed by atoms with Gasteiger partial charge in [0.1, 0.15) is 5.82 Å². The van der Waals surface area contributed by atoms with Crippen LogP contribution in [0.15, 0.2) is 30.3 Å². The molecule has 1 nitrogen and oxygen atoms in total. The van der Waals surface area contributed by atoms with Gasteiger partial charge in [-0.25, -0.2) is 4.39 Å². The molecule has 106 valence electrons. The fraction of sp³-hybridized carbons (Fsp3) is 0.214. The summed E-state index contributed by atoms with van der Waals surface area (Å²) in [4.78, 5) is 13.4. The first kappa shape index (κ1) is 14.7. The molecular formula is C14H10F4OS. The zero-order valence-corrected chi connectivity index (χ0v) is 11.2. The van der Waals surface area contributed by atoms with Gasteiger partial charge in [-0.3, -0.25) is 4.79 Å². The van der Waals surface area contributed by atoms with Gasteiger partial charge in [-0.2, -0.15) is 13.2 Å². The highest BCUT2D eigenvalue weighted by molar-refractivity contribution is 7.14. The minimum atomic E-state index is -4.76. The molecule has 0 aliphatic carbocycles. The minimum Gasteiger partial charge on any atom is -0.288 e. The summed E-state index contributed by atoms with van der Waals surface area (Å²) in [5.41, 5.74) is -1.45. The summed E-state index contributed by atoms with van der Waals surface area (Å²) in [6, 6.07) is 5.60. The van der Waals surface area contributed by atoms with Gasteiger partial charge in [0.25, 0.3) is 0 Å². The summed E-state index contributed by atoms with van der Waals surface area (Å²) < 4.78 is 50.7. The summed E-state index contributed by atoms with van der Waals surface area (Å²) in [6.45, 7) is 1.93. The number of hydrogen-bond acceptors (Lipinski definition) is 2. The van der Waals surface area contributed by atoms with Crippen LogP contribution in [0.2, 0.25) is 0 Å². The van der Waals surface area contributed by atoms with E-state index in [9.17, 15) is 22.4 Å². The zero-order chi connectivity index (χ0) is 14.9. The Morgan fingerprint density at radius 3 is 2.40 bits per heavy atom. The molecule has 0 N–H and O–H groups in total. The Morgan fingerprint density at radius 1 is 1.20 bits per heavy atom. The Bertz CT molecular complexity index is 643. The summed E-state index contributed by atoms with van der Waals surface area (Å²) >= 11 is 1.26. The van der Waals surface area contributed by atoms with Crippen LogP contribution < -0.4 is 0 Å². The zero-order valence-electron chi connectivity index (χ0n) is 10.4. The van der Waals surface area contributed by atoms with Crippen molar-refractivity contribution in [2.24, 2.45) is 0 Å². The van der Waals surface area contributed by atoms with Crippen LogP contribution in [0.25, 0.3) is 0 Å². The second kappa shape index (κ2) is 5.36. The minimum absolute atomic E-state index is 0.0833. The van der Waals surface area contributed by atoms with E-state index in [4.69, 9.17) is 0 Å². The number of benzene rings is 1. The van der Waals surface area contributed by atoms with Crippen molar-refractivity contribution >= 4 is 17.1 Å². The molecule has 0 fully saturated rings. The highest BCUT2D eigenvalue weighted by Crippen LogP contribution is 2.32. The third-order valence-electron chi connectivity index (χ3n) is 2.77. The predicted octanol–water partition coefficient (Wildman–Crippen LogP) is 4.70. The molecule has 20 heavy (non-hydrogen) atoms. The number of halogens is 4. The lowest BCUT2D eigenvalue weighted by Crippen LogP contribution is -2.09. The lowest BCUT2D eigenvalue weighted by atomic mass is 10.1. The van der Waals surface area contributed by atoms with Crippen molar-refractivity contribution in [3.05, 3.63) is 57.0 Å². The van der Waals surface area contributed by atoms with Crippen LogP contribution in [-0.4, -0.2) is 5.78 Å². The molecule has 2 rings (SSSR count). The second-order valence-corrected chi connectivity index (χ2v) is 5.31. The van der Waals surface area contributed by atoms with Gasteiger partial charge in [0, 0.05) is 10.4 Å². The SMILES string of the molecule is CCc1ccc(C(=O)c2ccc(C(F)(F)F)c(F)c2)s1. The molecule has 2 aromatic rings. The van der Waals surface area contributed by atoms with Crippen LogP contribution in [0.5, 0.6) is 0 Å². The largest absolute Gasteiger partial charge is 0.419 e. The van der Waals surface area contributed by atoms with Gasteiger partial charge in [-0.05, 0) is 30.7 Å². The van der Waals surface area contributed by atoms with Crippen LogP contribution >= 0.6 is 11.3 Å². The van der Waals surface area contributed by atoms with E-state index in [0.29, 0.717) is 17.0 Å². The van der Waals surface area contributed by atoms with Gasteiger partial charge in [0.05, 0.1) is 10.4 Å². The van der Waals surface area contributed by atoms with Crippen molar-refractivity contribution < 1.29 is 22.4 Å². The lowest BCUT2D eigenvalue weighted by Gasteiger charge is -2.08. The molecule has 0 saturated heterocycles. The molecule has 0 spiro atoms. The number of ketones is 1. The quantitative estimate of drug-likeness (QED) is 0.593.